The molecule has 2 aromatic rings. The van der Waals surface area contributed by atoms with Gasteiger partial charge in [0, 0.05) is 25.2 Å². The lowest BCUT2D eigenvalue weighted by molar-refractivity contribution is 0.421. The van der Waals surface area contributed by atoms with Crippen molar-refractivity contribution in [1.29, 1.82) is 0 Å². The summed E-state index contributed by atoms with van der Waals surface area (Å²) in [5.41, 5.74) is 6.60. The minimum atomic E-state index is 0.323. The summed E-state index contributed by atoms with van der Waals surface area (Å²) in [6, 6.07) is 5.88. The van der Waals surface area contributed by atoms with Gasteiger partial charge in [-0.05, 0) is 31.4 Å². The summed E-state index contributed by atoms with van der Waals surface area (Å²) in [4.78, 5) is 12.8. The lowest BCUT2D eigenvalue weighted by Crippen LogP contribution is -2.38. The van der Waals surface area contributed by atoms with Gasteiger partial charge in [-0.25, -0.2) is 0 Å². The van der Waals surface area contributed by atoms with Gasteiger partial charge in [-0.3, -0.25) is 9.98 Å². The third-order valence-corrected chi connectivity index (χ3v) is 3.78. The highest BCUT2D eigenvalue weighted by molar-refractivity contribution is 5.78. The average Bonchev–Trinajstić information content (AvgIpc) is 3.04. The van der Waals surface area contributed by atoms with Crippen LogP contribution < -0.4 is 11.1 Å². The van der Waals surface area contributed by atoms with E-state index in [0.29, 0.717) is 42.4 Å². The smallest absolute Gasteiger partial charge is 0.276 e. The topological polar surface area (TPSA) is 102 Å². The van der Waals surface area contributed by atoms with Gasteiger partial charge in [0.25, 0.3) is 5.89 Å². The molecule has 3 N–H and O–H groups in total. The summed E-state index contributed by atoms with van der Waals surface area (Å²) < 4.78 is 5.22. The molecule has 0 bridgehead atoms. The van der Waals surface area contributed by atoms with E-state index in [4.69, 9.17) is 10.3 Å². The molecule has 7 nitrogen and oxygen atoms in total. The first-order chi connectivity index (χ1) is 12.0. The van der Waals surface area contributed by atoms with Crippen LogP contribution in [-0.2, 0) is 6.42 Å². The monoisotopic (exact) mass is 344 g/mol. The molecule has 0 fully saturated rings. The lowest BCUT2D eigenvalue weighted by Gasteiger charge is -2.14. The number of aliphatic imine (C=N–C) groups is 1. The predicted molar refractivity (Wildman–Crippen MR) is 99.0 cm³/mol. The van der Waals surface area contributed by atoms with E-state index < -0.39 is 0 Å². The Morgan fingerprint density at radius 1 is 1.28 bits per heavy atom. The SMILES string of the molecule is CC(C)CCCC(C)NC(N)=NCCc1noc(-c2ccccn2)n1. The predicted octanol–water partition coefficient (Wildman–Crippen LogP) is 2.79. The maximum absolute atomic E-state index is 5.93. The molecule has 0 aliphatic rings. The second kappa shape index (κ2) is 9.76. The number of hydrogen-bond donors (Lipinski definition) is 2. The first-order valence-electron chi connectivity index (χ1n) is 8.85. The highest BCUT2D eigenvalue weighted by Gasteiger charge is 2.09. The van der Waals surface area contributed by atoms with Crippen molar-refractivity contribution >= 4 is 5.96 Å². The highest BCUT2D eigenvalue weighted by atomic mass is 16.5. The Hall–Kier alpha value is -2.44. The van der Waals surface area contributed by atoms with Gasteiger partial charge in [-0.1, -0.05) is 37.9 Å². The molecule has 25 heavy (non-hydrogen) atoms. The molecule has 0 amide bonds. The van der Waals surface area contributed by atoms with Crippen LogP contribution in [0.25, 0.3) is 11.6 Å². The molecule has 136 valence electrons. The fourth-order valence-corrected chi connectivity index (χ4v) is 2.43. The number of aromatic nitrogens is 3. The van der Waals surface area contributed by atoms with Crippen molar-refractivity contribution in [3.8, 4) is 11.6 Å². The Bertz CT molecular complexity index is 653. The van der Waals surface area contributed by atoms with Crippen LogP contribution in [0.1, 0.15) is 45.9 Å². The summed E-state index contributed by atoms with van der Waals surface area (Å²) >= 11 is 0. The van der Waals surface area contributed by atoms with E-state index in [1.807, 2.05) is 18.2 Å². The first-order valence-corrected chi connectivity index (χ1v) is 8.85. The van der Waals surface area contributed by atoms with Gasteiger partial charge in [0.15, 0.2) is 11.8 Å². The molecular weight excluding hydrogens is 316 g/mol. The third-order valence-electron chi connectivity index (χ3n) is 3.78. The van der Waals surface area contributed by atoms with E-state index in [1.165, 1.54) is 12.8 Å². The molecule has 2 aromatic heterocycles. The molecule has 0 saturated carbocycles. The summed E-state index contributed by atoms with van der Waals surface area (Å²) in [5, 5.41) is 7.18. The molecule has 2 rings (SSSR count). The van der Waals surface area contributed by atoms with E-state index in [0.717, 1.165) is 12.3 Å². The quantitative estimate of drug-likeness (QED) is 0.536. The molecule has 1 atom stereocenters. The van der Waals surface area contributed by atoms with Crippen LogP contribution in [-0.4, -0.2) is 33.7 Å². The number of hydrogen-bond acceptors (Lipinski definition) is 5. The number of guanidine groups is 1. The van der Waals surface area contributed by atoms with Crippen LogP contribution in [0.5, 0.6) is 0 Å². The van der Waals surface area contributed by atoms with Crippen molar-refractivity contribution in [1.82, 2.24) is 20.4 Å². The van der Waals surface area contributed by atoms with Crippen molar-refractivity contribution in [2.45, 2.75) is 52.5 Å². The minimum absolute atomic E-state index is 0.323. The first kappa shape index (κ1) is 18.9. The summed E-state index contributed by atoms with van der Waals surface area (Å²) in [5.74, 6) is 2.22. The number of rotatable bonds is 9. The van der Waals surface area contributed by atoms with Gasteiger partial charge < -0.3 is 15.6 Å². The van der Waals surface area contributed by atoms with Crippen LogP contribution in [0, 0.1) is 5.92 Å². The molecule has 2 heterocycles. The average molecular weight is 344 g/mol. The Kier molecular flexibility index (Phi) is 7.37. The van der Waals surface area contributed by atoms with E-state index in [-0.39, 0.29) is 0 Å². The van der Waals surface area contributed by atoms with E-state index in [1.54, 1.807) is 6.20 Å². The second-order valence-electron chi connectivity index (χ2n) is 6.62. The maximum Gasteiger partial charge on any atom is 0.276 e. The molecule has 0 radical (unpaired) electrons. The number of nitrogens with two attached hydrogens (primary N) is 1. The van der Waals surface area contributed by atoms with Gasteiger partial charge in [0.1, 0.15) is 5.69 Å². The van der Waals surface area contributed by atoms with Gasteiger partial charge in [0.2, 0.25) is 0 Å². The Morgan fingerprint density at radius 2 is 2.12 bits per heavy atom. The third kappa shape index (κ3) is 6.91. The molecule has 0 aliphatic heterocycles. The van der Waals surface area contributed by atoms with Crippen LogP contribution in [0.15, 0.2) is 33.9 Å². The summed E-state index contributed by atoms with van der Waals surface area (Å²) in [6.07, 6.45) is 5.78. The molecular formula is C18H28N6O. The molecule has 7 heteroatoms. The van der Waals surface area contributed by atoms with Gasteiger partial charge in [-0.2, -0.15) is 4.98 Å². The van der Waals surface area contributed by atoms with Crippen LogP contribution in [0.4, 0.5) is 0 Å². The van der Waals surface area contributed by atoms with Gasteiger partial charge in [-0.15, -0.1) is 0 Å². The molecule has 0 aliphatic carbocycles. The molecule has 1 unspecified atom stereocenters. The Labute approximate surface area is 149 Å². The van der Waals surface area contributed by atoms with Crippen LogP contribution in [0.3, 0.4) is 0 Å². The maximum atomic E-state index is 5.93. The fraction of sp³-hybridized carbons (Fsp3) is 0.556. The zero-order valence-electron chi connectivity index (χ0n) is 15.3. The van der Waals surface area contributed by atoms with E-state index in [9.17, 15) is 0 Å². The highest BCUT2D eigenvalue weighted by Crippen LogP contribution is 2.13. The van der Waals surface area contributed by atoms with Crippen molar-refractivity contribution in [2.75, 3.05) is 6.54 Å². The zero-order valence-corrected chi connectivity index (χ0v) is 15.3. The summed E-state index contributed by atoms with van der Waals surface area (Å²) in [7, 11) is 0. The number of nitrogens with zero attached hydrogens (tertiary/aromatic N) is 4. The van der Waals surface area contributed by atoms with Crippen LogP contribution in [0.2, 0.25) is 0 Å². The minimum Gasteiger partial charge on any atom is -0.370 e. The molecule has 0 spiro atoms. The van der Waals surface area contributed by atoms with Crippen molar-refractivity contribution < 1.29 is 4.52 Å². The van der Waals surface area contributed by atoms with Crippen LogP contribution >= 0.6 is 0 Å². The second-order valence-corrected chi connectivity index (χ2v) is 6.62. The zero-order chi connectivity index (χ0) is 18.1. The summed E-state index contributed by atoms with van der Waals surface area (Å²) in [6.45, 7) is 7.12. The van der Waals surface area contributed by atoms with Crippen molar-refractivity contribution in [3.63, 3.8) is 0 Å². The lowest BCUT2D eigenvalue weighted by atomic mass is 10.0. The van der Waals surface area contributed by atoms with E-state index >= 15 is 0 Å². The largest absolute Gasteiger partial charge is 0.370 e. The normalized spacial score (nSPS) is 13.2. The van der Waals surface area contributed by atoms with Crippen molar-refractivity contribution in [3.05, 3.63) is 30.2 Å². The fourth-order valence-electron chi connectivity index (χ4n) is 2.43. The van der Waals surface area contributed by atoms with Gasteiger partial charge >= 0.3 is 0 Å². The standard InChI is InChI=1S/C18H28N6O/c1-13(2)7-6-8-14(3)22-18(19)21-12-10-16-23-17(25-24-16)15-9-4-5-11-20-15/h4-5,9,11,13-14H,6-8,10,12H2,1-3H3,(H3,19,21,22). The number of nitrogens with one attached hydrogen (secondary N) is 1. The Morgan fingerprint density at radius 3 is 2.84 bits per heavy atom. The Balaban J connectivity index is 1.74. The molecule has 0 saturated heterocycles. The van der Waals surface area contributed by atoms with Gasteiger partial charge in [0.05, 0.1) is 0 Å². The van der Waals surface area contributed by atoms with E-state index in [2.05, 4.69) is 46.2 Å². The van der Waals surface area contributed by atoms with Crippen molar-refractivity contribution in [2.24, 2.45) is 16.6 Å². The molecule has 0 aromatic carbocycles. The number of pyridine rings is 1.